The second-order valence-electron chi connectivity index (χ2n) is 8.24. The van der Waals surface area contributed by atoms with Gasteiger partial charge in [0.15, 0.2) is 5.78 Å². The molecule has 0 aliphatic carbocycles. The summed E-state index contributed by atoms with van der Waals surface area (Å²) < 4.78 is 5.38. The van der Waals surface area contributed by atoms with Crippen molar-refractivity contribution < 1.29 is 19.4 Å². The summed E-state index contributed by atoms with van der Waals surface area (Å²) in [5, 5.41) is 9.99. The molecule has 1 N–H and O–H groups in total. The van der Waals surface area contributed by atoms with E-state index in [4.69, 9.17) is 4.74 Å². The topological polar surface area (TPSA) is 66.8 Å². The summed E-state index contributed by atoms with van der Waals surface area (Å²) in [4.78, 5) is 26.4. The number of amides is 1. The number of piperidine rings is 1. The maximum Gasteiger partial charge on any atom is 0.410 e. The van der Waals surface area contributed by atoms with Gasteiger partial charge in [0.1, 0.15) is 5.60 Å². The first kappa shape index (κ1) is 19.4. The molecule has 0 unspecified atom stereocenters. The molecule has 0 saturated carbocycles. The van der Waals surface area contributed by atoms with E-state index in [0.717, 1.165) is 5.56 Å². The molecule has 138 valence electrons. The Bertz CT molecular complexity index is 615. The van der Waals surface area contributed by atoms with Crippen LogP contribution in [0.4, 0.5) is 4.79 Å². The SMILES string of the molecule is CC(C)(C)OC(=O)N1CCC(C(=O)c2ccc(C(C)(C)O)cc2)CC1. The lowest BCUT2D eigenvalue weighted by atomic mass is 9.88. The third-order valence-corrected chi connectivity index (χ3v) is 4.39. The zero-order valence-corrected chi connectivity index (χ0v) is 15.8. The lowest BCUT2D eigenvalue weighted by Gasteiger charge is -2.33. The smallest absolute Gasteiger partial charge is 0.410 e. The fraction of sp³-hybridized carbons (Fsp3) is 0.600. The van der Waals surface area contributed by atoms with Crippen molar-refractivity contribution in [1.29, 1.82) is 0 Å². The van der Waals surface area contributed by atoms with Gasteiger partial charge in [-0.1, -0.05) is 24.3 Å². The van der Waals surface area contributed by atoms with Crippen LogP contribution in [0, 0.1) is 5.92 Å². The molecular weight excluding hydrogens is 318 g/mol. The van der Waals surface area contributed by atoms with Gasteiger partial charge >= 0.3 is 6.09 Å². The summed E-state index contributed by atoms with van der Waals surface area (Å²) in [7, 11) is 0. The number of carbonyl (C=O) groups excluding carboxylic acids is 2. The highest BCUT2D eigenvalue weighted by atomic mass is 16.6. The molecule has 1 saturated heterocycles. The molecule has 0 radical (unpaired) electrons. The molecule has 5 nitrogen and oxygen atoms in total. The number of nitrogens with zero attached hydrogens (tertiary/aromatic N) is 1. The van der Waals surface area contributed by atoms with Crippen molar-refractivity contribution in [3.8, 4) is 0 Å². The molecule has 0 atom stereocenters. The lowest BCUT2D eigenvalue weighted by Crippen LogP contribution is -2.43. The molecule has 1 fully saturated rings. The van der Waals surface area contributed by atoms with Gasteiger partial charge in [-0.25, -0.2) is 4.79 Å². The molecular formula is C20H29NO4. The van der Waals surface area contributed by atoms with Crippen molar-refractivity contribution in [3.05, 3.63) is 35.4 Å². The van der Waals surface area contributed by atoms with Crippen LogP contribution < -0.4 is 0 Å². The second kappa shape index (κ2) is 7.16. The van der Waals surface area contributed by atoms with Gasteiger partial charge in [-0.05, 0) is 53.0 Å². The molecule has 1 heterocycles. The van der Waals surface area contributed by atoms with Gasteiger partial charge in [-0.2, -0.15) is 0 Å². The summed E-state index contributed by atoms with van der Waals surface area (Å²) in [5.74, 6) is 0.0257. The van der Waals surface area contributed by atoms with E-state index in [1.54, 1.807) is 43.0 Å². The van der Waals surface area contributed by atoms with Crippen LogP contribution in [-0.4, -0.2) is 40.6 Å². The van der Waals surface area contributed by atoms with Crippen LogP contribution in [-0.2, 0) is 10.3 Å². The van der Waals surface area contributed by atoms with E-state index in [1.807, 2.05) is 20.8 Å². The van der Waals surface area contributed by atoms with Crippen molar-refractivity contribution >= 4 is 11.9 Å². The summed E-state index contributed by atoms with van der Waals surface area (Å²) in [6.45, 7) is 10.0. The Hall–Kier alpha value is -1.88. The number of rotatable bonds is 3. The Balaban J connectivity index is 1.94. The van der Waals surface area contributed by atoms with Crippen molar-refractivity contribution in [2.75, 3.05) is 13.1 Å². The summed E-state index contributed by atoms with van der Waals surface area (Å²) in [6, 6.07) is 7.14. The highest BCUT2D eigenvalue weighted by Crippen LogP contribution is 2.25. The van der Waals surface area contributed by atoms with Crippen LogP contribution in [0.3, 0.4) is 0 Å². The van der Waals surface area contributed by atoms with Crippen LogP contribution in [0.15, 0.2) is 24.3 Å². The molecule has 1 aliphatic heterocycles. The Morgan fingerprint density at radius 2 is 1.56 bits per heavy atom. The fourth-order valence-electron chi connectivity index (χ4n) is 2.93. The van der Waals surface area contributed by atoms with Crippen molar-refractivity contribution in [1.82, 2.24) is 4.90 Å². The second-order valence-corrected chi connectivity index (χ2v) is 8.24. The van der Waals surface area contributed by atoms with Crippen LogP contribution in [0.25, 0.3) is 0 Å². The zero-order chi connectivity index (χ0) is 18.8. The quantitative estimate of drug-likeness (QED) is 0.846. The van der Waals surface area contributed by atoms with Gasteiger partial charge in [0.2, 0.25) is 0 Å². The van der Waals surface area contributed by atoms with Crippen LogP contribution in [0.5, 0.6) is 0 Å². The van der Waals surface area contributed by atoms with Gasteiger partial charge in [-0.3, -0.25) is 4.79 Å². The van der Waals surface area contributed by atoms with E-state index in [0.29, 0.717) is 31.5 Å². The Morgan fingerprint density at radius 1 is 1.04 bits per heavy atom. The number of ether oxygens (including phenoxy) is 1. The zero-order valence-electron chi connectivity index (χ0n) is 15.8. The number of ketones is 1. The molecule has 0 spiro atoms. The molecule has 25 heavy (non-hydrogen) atoms. The van der Waals surface area contributed by atoms with E-state index in [1.165, 1.54) is 0 Å². The monoisotopic (exact) mass is 347 g/mol. The summed E-state index contributed by atoms with van der Waals surface area (Å²) in [6.07, 6.45) is 0.976. The number of aliphatic hydroxyl groups is 1. The average molecular weight is 347 g/mol. The highest BCUT2D eigenvalue weighted by Gasteiger charge is 2.30. The van der Waals surface area contributed by atoms with Gasteiger partial charge in [0.05, 0.1) is 5.60 Å². The predicted octanol–water partition coefficient (Wildman–Crippen LogP) is 3.74. The summed E-state index contributed by atoms with van der Waals surface area (Å²) >= 11 is 0. The third kappa shape index (κ3) is 5.30. The largest absolute Gasteiger partial charge is 0.444 e. The van der Waals surface area contributed by atoms with Crippen molar-refractivity contribution in [2.24, 2.45) is 5.92 Å². The minimum Gasteiger partial charge on any atom is -0.444 e. The van der Waals surface area contributed by atoms with Crippen molar-refractivity contribution in [3.63, 3.8) is 0 Å². The molecule has 5 heteroatoms. The number of likely N-dealkylation sites (tertiary alicyclic amines) is 1. The van der Waals surface area contributed by atoms with Gasteiger partial charge in [0.25, 0.3) is 0 Å². The Morgan fingerprint density at radius 3 is 2.00 bits per heavy atom. The molecule has 0 bridgehead atoms. The number of Topliss-reactive ketones (excluding diaryl/α,β-unsaturated/α-hetero) is 1. The Kier molecular flexibility index (Phi) is 5.57. The van der Waals surface area contributed by atoms with E-state index >= 15 is 0 Å². The number of carbonyl (C=O) groups is 2. The average Bonchev–Trinajstić information content (AvgIpc) is 2.52. The standard InChI is InChI=1S/C20H29NO4/c1-19(2,3)25-18(23)21-12-10-15(11-13-21)17(22)14-6-8-16(9-7-14)20(4,5)24/h6-9,15,24H,10-13H2,1-5H3. The first-order valence-electron chi connectivity index (χ1n) is 8.82. The molecule has 2 rings (SSSR count). The van der Waals surface area contributed by atoms with E-state index in [-0.39, 0.29) is 17.8 Å². The van der Waals surface area contributed by atoms with Crippen LogP contribution >= 0.6 is 0 Å². The number of hydrogen-bond acceptors (Lipinski definition) is 4. The molecule has 0 aromatic heterocycles. The molecule has 1 aromatic rings. The third-order valence-electron chi connectivity index (χ3n) is 4.39. The fourth-order valence-corrected chi connectivity index (χ4v) is 2.93. The van der Waals surface area contributed by atoms with E-state index in [9.17, 15) is 14.7 Å². The normalized spacial score (nSPS) is 16.6. The van der Waals surface area contributed by atoms with Gasteiger partial charge in [0, 0.05) is 24.6 Å². The first-order valence-corrected chi connectivity index (χ1v) is 8.82. The summed E-state index contributed by atoms with van der Waals surface area (Å²) in [5.41, 5.74) is 0.0132. The number of benzene rings is 1. The molecule has 1 aromatic carbocycles. The van der Waals surface area contributed by atoms with Gasteiger partial charge in [-0.15, -0.1) is 0 Å². The molecule has 1 aliphatic rings. The van der Waals surface area contributed by atoms with Crippen molar-refractivity contribution in [2.45, 2.75) is 58.7 Å². The molecule has 1 amide bonds. The van der Waals surface area contributed by atoms with Crippen LogP contribution in [0.2, 0.25) is 0 Å². The highest BCUT2D eigenvalue weighted by molar-refractivity contribution is 5.98. The first-order chi connectivity index (χ1) is 11.5. The minimum atomic E-state index is -0.916. The number of hydrogen-bond donors (Lipinski definition) is 1. The minimum absolute atomic E-state index is 0.0772. The van der Waals surface area contributed by atoms with Crippen LogP contribution in [0.1, 0.15) is 63.4 Å². The maximum absolute atomic E-state index is 12.7. The lowest BCUT2D eigenvalue weighted by molar-refractivity contribution is 0.0182. The van der Waals surface area contributed by atoms with E-state index < -0.39 is 11.2 Å². The van der Waals surface area contributed by atoms with Gasteiger partial charge < -0.3 is 14.7 Å². The predicted molar refractivity (Wildman–Crippen MR) is 96.5 cm³/mol. The maximum atomic E-state index is 12.7. The van der Waals surface area contributed by atoms with E-state index in [2.05, 4.69) is 0 Å². The Labute approximate surface area is 150 Å².